The van der Waals surface area contributed by atoms with Crippen LogP contribution in [0.4, 0.5) is 5.69 Å². The SMILES string of the molecule is Cc1ccc(-c2cc(C(=O)Nc3ccc(-c4cnco4)cc3)[nH]n2)cc1. The molecule has 4 aromatic rings. The van der Waals surface area contributed by atoms with Crippen molar-refractivity contribution >= 4 is 11.6 Å². The van der Waals surface area contributed by atoms with Gasteiger partial charge >= 0.3 is 0 Å². The number of H-pyrrole nitrogens is 1. The molecular formula is C20H16N4O2. The quantitative estimate of drug-likeness (QED) is 0.578. The van der Waals surface area contributed by atoms with E-state index in [4.69, 9.17) is 4.42 Å². The Bertz CT molecular complexity index is 1020. The molecule has 0 aliphatic rings. The minimum Gasteiger partial charge on any atom is -0.444 e. The summed E-state index contributed by atoms with van der Waals surface area (Å²) >= 11 is 0. The number of rotatable bonds is 4. The number of benzene rings is 2. The first kappa shape index (κ1) is 15.8. The maximum atomic E-state index is 12.4. The Kier molecular flexibility index (Phi) is 4.07. The first-order valence-corrected chi connectivity index (χ1v) is 8.12. The zero-order chi connectivity index (χ0) is 17.9. The van der Waals surface area contributed by atoms with E-state index in [0.717, 1.165) is 16.8 Å². The lowest BCUT2D eigenvalue weighted by molar-refractivity contribution is 0.102. The molecule has 0 unspecified atom stereocenters. The average Bonchev–Trinajstić information content (AvgIpc) is 3.35. The van der Waals surface area contributed by atoms with E-state index in [0.29, 0.717) is 17.1 Å². The van der Waals surface area contributed by atoms with Crippen LogP contribution in [0.2, 0.25) is 0 Å². The van der Waals surface area contributed by atoms with Crippen molar-refractivity contribution < 1.29 is 9.21 Å². The minimum atomic E-state index is -0.247. The van der Waals surface area contributed by atoms with E-state index in [1.807, 2.05) is 55.5 Å². The lowest BCUT2D eigenvalue weighted by atomic mass is 10.1. The second kappa shape index (κ2) is 6.68. The van der Waals surface area contributed by atoms with Crippen LogP contribution in [-0.4, -0.2) is 21.1 Å². The molecule has 0 aliphatic heterocycles. The van der Waals surface area contributed by atoms with Gasteiger partial charge in [0, 0.05) is 16.8 Å². The van der Waals surface area contributed by atoms with Crippen LogP contribution in [0.25, 0.3) is 22.6 Å². The number of nitrogens with zero attached hydrogens (tertiary/aromatic N) is 2. The number of amides is 1. The number of nitrogens with one attached hydrogen (secondary N) is 2. The maximum absolute atomic E-state index is 12.4. The Morgan fingerprint density at radius 3 is 2.46 bits per heavy atom. The molecule has 0 saturated carbocycles. The van der Waals surface area contributed by atoms with Crippen molar-refractivity contribution in [1.29, 1.82) is 0 Å². The van der Waals surface area contributed by atoms with Gasteiger partial charge in [-0.15, -0.1) is 0 Å². The summed E-state index contributed by atoms with van der Waals surface area (Å²) in [6.07, 6.45) is 3.03. The zero-order valence-electron chi connectivity index (χ0n) is 14.1. The van der Waals surface area contributed by atoms with Crippen molar-refractivity contribution in [2.24, 2.45) is 0 Å². The molecule has 2 N–H and O–H groups in total. The fraction of sp³-hybridized carbons (Fsp3) is 0.0500. The normalized spacial score (nSPS) is 10.7. The van der Waals surface area contributed by atoms with E-state index in [2.05, 4.69) is 20.5 Å². The van der Waals surface area contributed by atoms with Crippen molar-refractivity contribution in [3.63, 3.8) is 0 Å². The number of aromatic nitrogens is 3. The Labute approximate surface area is 149 Å². The average molecular weight is 344 g/mol. The summed E-state index contributed by atoms with van der Waals surface area (Å²) in [4.78, 5) is 16.3. The standard InChI is InChI=1S/C20H16N4O2/c1-13-2-4-14(5-3-13)17-10-18(24-23-17)20(25)22-16-8-6-15(7-9-16)19-11-21-12-26-19/h2-12H,1H3,(H,22,25)(H,23,24). The van der Waals surface area contributed by atoms with Gasteiger partial charge in [-0.3, -0.25) is 9.89 Å². The summed E-state index contributed by atoms with van der Waals surface area (Å²) in [6.45, 7) is 2.03. The Balaban J connectivity index is 1.47. The second-order valence-electron chi connectivity index (χ2n) is 5.93. The molecule has 2 aromatic carbocycles. The van der Waals surface area contributed by atoms with Gasteiger partial charge in [-0.2, -0.15) is 5.10 Å². The van der Waals surface area contributed by atoms with E-state index in [1.54, 1.807) is 12.3 Å². The number of oxazole rings is 1. The van der Waals surface area contributed by atoms with Gasteiger partial charge in [-0.25, -0.2) is 4.98 Å². The molecule has 26 heavy (non-hydrogen) atoms. The van der Waals surface area contributed by atoms with Crippen molar-refractivity contribution in [3.05, 3.63) is 78.4 Å². The molecule has 128 valence electrons. The van der Waals surface area contributed by atoms with Crippen LogP contribution >= 0.6 is 0 Å². The van der Waals surface area contributed by atoms with Crippen LogP contribution in [0.5, 0.6) is 0 Å². The van der Waals surface area contributed by atoms with E-state index >= 15 is 0 Å². The molecule has 2 heterocycles. The van der Waals surface area contributed by atoms with Gasteiger partial charge in [-0.1, -0.05) is 29.8 Å². The molecule has 0 aliphatic carbocycles. The molecule has 0 bridgehead atoms. The van der Waals surface area contributed by atoms with Crippen molar-refractivity contribution in [1.82, 2.24) is 15.2 Å². The van der Waals surface area contributed by atoms with Gasteiger partial charge in [-0.05, 0) is 37.3 Å². The Morgan fingerprint density at radius 2 is 1.77 bits per heavy atom. The van der Waals surface area contributed by atoms with Crippen LogP contribution in [0.1, 0.15) is 16.1 Å². The lowest BCUT2D eigenvalue weighted by Crippen LogP contribution is -2.12. The molecule has 0 atom stereocenters. The van der Waals surface area contributed by atoms with Crippen LogP contribution in [0.15, 0.2) is 71.6 Å². The second-order valence-corrected chi connectivity index (χ2v) is 5.93. The highest BCUT2D eigenvalue weighted by Crippen LogP contribution is 2.22. The van der Waals surface area contributed by atoms with Gasteiger partial charge in [0.25, 0.3) is 5.91 Å². The first-order valence-electron chi connectivity index (χ1n) is 8.12. The van der Waals surface area contributed by atoms with Crippen LogP contribution in [0, 0.1) is 6.92 Å². The minimum absolute atomic E-state index is 0.247. The number of carbonyl (C=O) groups excluding carboxylic acids is 1. The summed E-state index contributed by atoms with van der Waals surface area (Å²) < 4.78 is 5.25. The smallest absolute Gasteiger partial charge is 0.273 e. The number of hydrogen-bond acceptors (Lipinski definition) is 4. The van der Waals surface area contributed by atoms with E-state index < -0.39 is 0 Å². The van der Waals surface area contributed by atoms with Crippen molar-refractivity contribution in [3.8, 4) is 22.6 Å². The molecule has 6 heteroatoms. The Hall–Kier alpha value is -3.67. The monoisotopic (exact) mass is 344 g/mol. The number of hydrogen-bond donors (Lipinski definition) is 2. The molecule has 6 nitrogen and oxygen atoms in total. The van der Waals surface area contributed by atoms with Crippen molar-refractivity contribution in [2.45, 2.75) is 6.92 Å². The summed E-state index contributed by atoms with van der Waals surface area (Å²) in [5.74, 6) is 0.433. The van der Waals surface area contributed by atoms with Gasteiger partial charge in [0.2, 0.25) is 0 Å². The molecule has 2 aromatic heterocycles. The molecular weight excluding hydrogens is 328 g/mol. The summed E-state index contributed by atoms with van der Waals surface area (Å²) in [7, 11) is 0. The zero-order valence-corrected chi connectivity index (χ0v) is 14.1. The van der Waals surface area contributed by atoms with E-state index in [-0.39, 0.29) is 5.91 Å². The maximum Gasteiger partial charge on any atom is 0.273 e. The molecule has 1 amide bonds. The molecule has 4 rings (SSSR count). The largest absolute Gasteiger partial charge is 0.444 e. The van der Waals surface area contributed by atoms with E-state index in [1.165, 1.54) is 12.0 Å². The highest BCUT2D eigenvalue weighted by Gasteiger charge is 2.11. The van der Waals surface area contributed by atoms with Crippen LogP contribution in [0.3, 0.4) is 0 Å². The molecule has 0 radical (unpaired) electrons. The molecule has 0 fully saturated rings. The lowest BCUT2D eigenvalue weighted by Gasteiger charge is -2.04. The van der Waals surface area contributed by atoms with Crippen LogP contribution in [-0.2, 0) is 0 Å². The van der Waals surface area contributed by atoms with Gasteiger partial charge in [0.15, 0.2) is 12.2 Å². The predicted octanol–water partition coefficient (Wildman–Crippen LogP) is 4.29. The number of aryl methyl sites for hydroxylation is 1. The highest BCUT2D eigenvalue weighted by atomic mass is 16.3. The predicted molar refractivity (Wildman–Crippen MR) is 98.7 cm³/mol. The van der Waals surface area contributed by atoms with Gasteiger partial charge in [0.1, 0.15) is 5.69 Å². The van der Waals surface area contributed by atoms with Crippen LogP contribution < -0.4 is 5.32 Å². The fourth-order valence-electron chi connectivity index (χ4n) is 2.58. The third kappa shape index (κ3) is 3.25. The van der Waals surface area contributed by atoms with Crippen molar-refractivity contribution in [2.75, 3.05) is 5.32 Å². The number of carbonyl (C=O) groups is 1. The topological polar surface area (TPSA) is 83.8 Å². The number of aromatic amines is 1. The molecule has 0 spiro atoms. The summed E-state index contributed by atoms with van der Waals surface area (Å²) in [5.41, 5.74) is 4.85. The Morgan fingerprint density at radius 1 is 1.04 bits per heavy atom. The van der Waals surface area contributed by atoms with Gasteiger partial charge < -0.3 is 9.73 Å². The molecule has 0 saturated heterocycles. The van der Waals surface area contributed by atoms with Gasteiger partial charge in [0.05, 0.1) is 11.9 Å². The fourth-order valence-corrected chi connectivity index (χ4v) is 2.58. The highest BCUT2D eigenvalue weighted by molar-refractivity contribution is 6.03. The van der Waals surface area contributed by atoms with E-state index in [9.17, 15) is 4.79 Å². The summed E-state index contributed by atoms with van der Waals surface area (Å²) in [5, 5.41) is 9.86. The third-order valence-corrected chi connectivity index (χ3v) is 4.03. The summed E-state index contributed by atoms with van der Waals surface area (Å²) in [6, 6.07) is 17.1. The number of anilines is 1. The first-order chi connectivity index (χ1) is 12.7. The third-order valence-electron chi connectivity index (χ3n) is 4.03.